The molecule has 0 saturated heterocycles. The molecule has 5 nitrogen and oxygen atoms in total. The van der Waals surface area contributed by atoms with E-state index in [1.165, 1.54) is 4.90 Å². The molecule has 0 aliphatic rings. The maximum Gasteiger partial charge on any atom is 0.317 e. The lowest BCUT2D eigenvalue weighted by atomic mass is 10.1. The zero-order chi connectivity index (χ0) is 16.9. The second-order valence-electron chi connectivity index (χ2n) is 5.41. The van der Waals surface area contributed by atoms with E-state index in [9.17, 15) is 9.59 Å². The highest BCUT2D eigenvalue weighted by molar-refractivity contribution is 6.35. The molecule has 0 radical (unpaired) electrons. The van der Waals surface area contributed by atoms with Gasteiger partial charge in [0.15, 0.2) is 0 Å². The van der Waals surface area contributed by atoms with E-state index in [0.29, 0.717) is 16.5 Å². The minimum Gasteiger partial charge on any atom is -0.481 e. The molecular weight excluding hydrogens is 327 g/mol. The summed E-state index contributed by atoms with van der Waals surface area (Å²) in [5.41, 5.74) is 0.889. The molecule has 7 heteroatoms. The highest BCUT2D eigenvalue weighted by atomic mass is 35.5. The Morgan fingerprint density at radius 2 is 1.95 bits per heavy atom. The van der Waals surface area contributed by atoms with Crippen molar-refractivity contribution in [3.63, 3.8) is 0 Å². The number of carbonyl (C=O) groups excluding carboxylic acids is 1. The van der Waals surface area contributed by atoms with Crippen LogP contribution < -0.4 is 5.32 Å². The van der Waals surface area contributed by atoms with Crippen molar-refractivity contribution in [3.05, 3.63) is 33.8 Å². The molecule has 0 heterocycles. The Morgan fingerprint density at radius 3 is 2.50 bits per heavy atom. The van der Waals surface area contributed by atoms with Crippen molar-refractivity contribution in [2.24, 2.45) is 5.92 Å². The van der Waals surface area contributed by atoms with Crippen molar-refractivity contribution in [1.82, 2.24) is 10.2 Å². The molecule has 0 aromatic heterocycles. The van der Waals surface area contributed by atoms with Crippen LogP contribution >= 0.6 is 23.2 Å². The first-order valence-corrected chi connectivity index (χ1v) is 7.64. The molecule has 2 atom stereocenters. The molecule has 0 saturated carbocycles. The van der Waals surface area contributed by atoms with Gasteiger partial charge in [0.1, 0.15) is 0 Å². The largest absolute Gasteiger partial charge is 0.481 e. The zero-order valence-electron chi connectivity index (χ0n) is 12.8. The fourth-order valence-electron chi connectivity index (χ4n) is 1.96. The van der Waals surface area contributed by atoms with E-state index in [2.05, 4.69) is 5.32 Å². The van der Waals surface area contributed by atoms with Gasteiger partial charge in [0, 0.05) is 29.7 Å². The first kappa shape index (κ1) is 18.6. The summed E-state index contributed by atoms with van der Waals surface area (Å²) >= 11 is 11.9. The maximum absolute atomic E-state index is 12.0. The van der Waals surface area contributed by atoms with Gasteiger partial charge in [0.25, 0.3) is 0 Å². The summed E-state index contributed by atoms with van der Waals surface area (Å²) in [5.74, 6) is -1.54. The molecule has 122 valence electrons. The van der Waals surface area contributed by atoms with Crippen LogP contribution in [-0.2, 0) is 11.2 Å². The SMILES string of the molecule is CC(Cc1ccc(Cl)cc1Cl)NC(=O)N(C)CC(C)C(=O)O. The number of halogens is 2. The summed E-state index contributed by atoms with van der Waals surface area (Å²) in [6, 6.07) is 4.77. The van der Waals surface area contributed by atoms with Crippen LogP contribution in [0.3, 0.4) is 0 Å². The number of hydrogen-bond donors (Lipinski definition) is 2. The number of urea groups is 1. The van der Waals surface area contributed by atoms with Crippen LogP contribution in [0.25, 0.3) is 0 Å². The Kier molecular flexibility index (Phi) is 6.97. The third kappa shape index (κ3) is 5.73. The van der Waals surface area contributed by atoms with E-state index in [4.69, 9.17) is 28.3 Å². The van der Waals surface area contributed by atoms with Gasteiger partial charge in [-0.15, -0.1) is 0 Å². The average Bonchev–Trinajstić information content (AvgIpc) is 2.41. The van der Waals surface area contributed by atoms with Crippen molar-refractivity contribution < 1.29 is 14.7 Å². The average molecular weight is 347 g/mol. The first-order chi connectivity index (χ1) is 10.2. The summed E-state index contributed by atoms with van der Waals surface area (Å²) < 4.78 is 0. The standard InChI is InChI=1S/C15H20Cl2N2O3/c1-9(14(20)21)8-19(3)15(22)18-10(2)6-11-4-5-12(16)7-13(11)17/h4-5,7,9-10H,6,8H2,1-3H3,(H,18,22)(H,20,21). The zero-order valence-corrected chi connectivity index (χ0v) is 14.3. The Morgan fingerprint density at radius 1 is 1.32 bits per heavy atom. The van der Waals surface area contributed by atoms with E-state index < -0.39 is 11.9 Å². The molecule has 0 fully saturated rings. The Balaban J connectivity index is 2.55. The number of carbonyl (C=O) groups is 2. The van der Waals surface area contributed by atoms with E-state index in [0.717, 1.165) is 5.56 Å². The molecule has 1 rings (SSSR count). The molecule has 1 aromatic carbocycles. The number of aliphatic carboxylic acids is 1. The monoisotopic (exact) mass is 346 g/mol. The summed E-state index contributed by atoms with van der Waals surface area (Å²) in [6.45, 7) is 3.57. The van der Waals surface area contributed by atoms with E-state index >= 15 is 0 Å². The summed E-state index contributed by atoms with van der Waals surface area (Å²) in [4.78, 5) is 24.2. The lowest BCUT2D eigenvalue weighted by Gasteiger charge is -2.23. The van der Waals surface area contributed by atoms with Crippen LogP contribution in [-0.4, -0.2) is 41.6 Å². The molecule has 0 spiro atoms. The number of hydrogen-bond acceptors (Lipinski definition) is 2. The normalized spacial score (nSPS) is 13.3. The van der Waals surface area contributed by atoms with Crippen LogP contribution in [0.15, 0.2) is 18.2 Å². The molecule has 2 unspecified atom stereocenters. The number of rotatable bonds is 6. The molecule has 2 amide bonds. The topological polar surface area (TPSA) is 69.6 Å². The third-order valence-corrected chi connectivity index (χ3v) is 3.81. The van der Waals surface area contributed by atoms with Crippen LogP contribution in [0, 0.1) is 5.92 Å². The van der Waals surface area contributed by atoms with Gasteiger partial charge in [-0.2, -0.15) is 0 Å². The van der Waals surface area contributed by atoms with Gasteiger partial charge in [-0.05, 0) is 31.0 Å². The number of amides is 2. The number of nitrogens with one attached hydrogen (secondary N) is 1. The van der Waals surface area contributed by atoms with Crippen molar-refractivity contribution in [2.45, 2.75) is 26.3 Å². The lowest BCUT2D eigenvalue weighted by Crippen LogP contribution is -2.44. The highest BCUT2D eigenvalue weighted by Crippen LogP contribution is 2.22. The summed E-state index contributed by atoms with van der Waals surface area (Å²) in [7, 11) is 1.57. The van der Waals surface area contributed by atoms with Crippen molar-refractivity contribution >= 4 is 35.2 Å². The van der Waals surface area contributed by atoms with Crippen molar-refractivity contribution in [3.8, 4) is 0 Å². The summed E-state index contributed by atoms with van der Waals surface area (Å²) in [6.07, 6.45) is 0.560. The summed E-state index contributed by atoms with van der Waals surface area (Å²) in [5, 5.41) is 12.8. The molecule has 1 aromatic rings. The smallest absolute Gasteiger partial charge is 0.317 e. The van der Waals surface area contributed by atoms with E-state index in [-0.39, 0.29) is 18.6 Å². The molecule has 2 N–H and O–H groups in total. The Bertz CT molecular complexity index is 552. The Hall–Kier alpha value is -1.46. The van der Waals surface area contributed by atoms with Crippen LogP contribution in [0.1, 0.15) is 19.4 Å². The second kappa shape index (κ2) is 8.25. The van der Waals surface area contributed by atoms with Gasteiger partial charge in [0.2, 0.25) is 0 Å². The number of benzene rings is 1. The number of carboxylic acid groups (broad SMARTS) is 1. The van der Waals surface area contributed by atoms with Gasteiger partial charge >= 0.3 is 12.0 Å². The lowest BCUT2D eigenvalue weighted by molar-refractivity contribution is -0.141. The minimum absolute atomic E-state index is 0.145. The number of carboxylic acids is 1. The fourth-order valence-corrected chi connectivity index (χ4v) is 2.45. The molecule has 0 bridgehead atoms. The van der Waals surface area contributed by atoms with Crippen LogP contribution in [0.4, 0.5) is 4.79 Å². The molecule has 22 heavy (non-hydrogen) atoms. The quantitative estimate of drug-likeness (QED) is 0.830. The van der Waals surface area contributed by atoms with Gasteiger partial charge in [-0.1, -0.05) is 36.2 Å². The van der Waals surface area contributed by atoms with E-state index in [1.807, 2.05) is 13.0 Å². The van der Waals surface area contributed by atoms with Gasteiger partial charge in [-0.25, -0.2) is 4.79 Å². The number of nitrogens with zero attached hydrogens (tertiary/aromatic N) is 1. The van der Waals surface area contributed by atoms with E-state index in [1.54, 1.807) is 26.1 Å². The first-order valence-electron chi connectivity index (χ1n) is 6.89. The predicted octanol–water partition coefficient (Wildman–Crippen LogP) is 3.29. The van der Waals surface area contributed by atoms with Gasteiger partial charge in [-0.3, -0.25) is 4.79 Å². The van der Waals surface area contributed by atoms with Crippen LogP contribution in [0.5, 0.6) is 0 Å². The van der Waals surface area contributed by atoms with Crippen molar-refractivity contribution in [2.75, 3.05) is 13.6 Å². The fraction of sp³-hybridized carbons (Fsp3) is 0.467. The van der Waals surface area contributed by atoms with Crippen molar-refractivity contribution in [1.29, 1.82) is 0 Å². The maximum atomic E-state index is 12.0. The second-order valence-corrected chi connectivity index (χ2v) is 6.25. The van der Waals surface area contributed by atoms with Gasteiger partial charge < -0.3 is 15.3 Å². The molecule has 0 aliphatic carbocycles. The van der Waals surface area contributed by atoms with Gasteiger partial charge in [0.05, 0.1) is 5.92 Å². The predicted molar refractivity (Wildman–Crippen MR) is 87.6 cm³/mol. The Labute approximate surface area is 140 Å². The third-order valence-electron chi connectivity index (χ3n) is 3.23. The molecular formula is C15H20Cl2N2O3. The highest BCUT2D eigenvalue weighted by Gasteiger charge is 2.18. The van der Waals surface area contributed by atoms with Crippen LogP contribution in [0.2, 0.25) is 10.0 Å². The molecule has 0 aliphatic heterocycles. The minimum atomic E-state index is -0.930.